The quantitative estimate of drug-likeness (QED) is 0.817. The molecule has 1 aliphatic carbocycles. The number of ether oxygens (including phenoxy) is 1. The monoisotopic (exact) mass is 386 g/mol. The largest absolute Gasteiger partial charge is 0.444 e. The summed E-state index contributed by atoms with van der Waals surface area (Å²) in [5.74, 6) is -0.227. The molecule has 1 fully saturated rings. The van der Waals surface area contributed by atoms with Gasteiger partial charge in [0.25, 0.3) is 0 Å². The van der Waals surface area contributed by atoms with Crippen molar-refractivity contribution in [1.82, 2.24) is 10.6 Å². The Balaban J connectivity index is 1.89. The van der Waals surface area contributed by atoms with Crippen molar-refractivity contribution in [2.24, 2.45) is 0 Å². The third kappa shape index (κ3) is 5.77. The first-order valence-corrected chi connectivity index (χ1v) is 8.71. The fourth-order valence-electron chi connectivity index (χ4n) is 2.76. The maximum absolute atomic E-state index is 13.8. The van der Waals surface area contributed by atoms with Gasteiger partial charge in [-0.25, -0.2) is 9.18 Å². The number of hydrogen-bond acceptors (Lipinski definition) is 3. The number of amides is 1. The summed E-state index contributed by atoms with van der Waals surface area (Å²) in [4.78, 5) is 11.9. The number of alkyl carbamates (subject to hydrolysis) is 1. The van der Waals surface area contributed by atoms with Crippen LogP contribution in [-0.4, -0.2) is 23.8 Å². The van der Waals surface area contributed by atoms with Gasteiger partial charge in [-0.05, 0) is 58.2 Å². The van der Waals surface area contributed by atoms with Crippen LogP contribution in [0.3, 0.4) is 0 Å². The normalized spacial score (nSPS) is 21.3. The van der Waals surface area contributed by atoms with E-state index in [0.29, 0.717) is 12.1 Å². The summed E-state index contributed by atoms with van der Waals surface area (Å²) < 4.78 is 19.9. The Morgan fingerprint density at radius 2 is 2.04 bits per heavy atom. The highest BCUT2D eigenvalue weighted by Gasteiger charge is 2.29. The first kappa shape index (κ1) is 18.2. The lowest BCUT2D eigenvalue weighted by Gasteiger charge is -2.25. The number of hydrogen-bond donors (Lipinski definition) is 2. The molecule has 0 spiro atoms. The fourth-order valence-corrected chi connectivity index (χ4v) is 3.16. The number of halogens is 2. The highest BCUT2D eigenvalue weighted by atomic mass is 79.9. The van der Waals surface area contributed by atoms with E-state index in [1.165, 1.54) is 6.07 Å². The van der Waals surface area contributed by atoms with Crippen LogP contribution >= 0.6 is 15.9 Å². The molecular weight excluding hydrogens is 363 g/mol. The van der Waals surface area contributed by atoms with E-state index < -0.39 is 11.7 Å². The van der Waals surface area contributed by atoms with Crippen molar-refractivity contribution >= 4 is 22.0 Å². The smallest absolute Gasteiger partial charge is 0.407 e. The van der Waals surface area contributed by atoms with Crippen molar-refractivity contribution in [3.8, 4) is 0 Å². The Morgan fingerprint density at radius 3 is 2.74 bits per heavy atom. The Kier molecular flexibility index (Phi) is 6.03. The van der Waals surface area contributed by atoms with Gasteiger partial charge < -0.3 is 15.4 Å². The van der Waals surface area contributed by atoms with Crippen molar-refractivity contribution in [3.05, 3.63) is 34.1 Å². The van der Waals surface area contributed by atoms with E-state index in [1.807, 2.05) is 20.8 Å². The van der Waals surface area contributed by atoms with Crippen molar-refractivity contribution in [2.45, 2.75) is 64.3 Å². The predicted octanol–water partition coefficient (Wildman–Crippen LogP) is 4.12. The zero-order valence-electron chi connectivity index (χ0n) is 13.8. The van der Waals surface area contributed by atoms with Gasteiger partial charge in [0.1, 0.15) is 11.4 Å². The van der Waals surface area contributed by atoms with E-state index in [4.69, 9.17) is 4.74 Å². The van der Waals surface area contributed by atoms with Gasteiger partial charge in [-0.1, -0.05) is 15.9 Å². The maximum atomic E-state index is 13.8. The molecule has 2 rings (SSSR count). The number of benzene rings is 1. The summed E-state index contributed by atoms with van der Waals surface area (Å²) in [7, 11) is 0. The lowest BCUT2D eigenvalue weighted by molar-refractivity contribution is 0.0498. The minimum atomic E-state index is -0.509. The van der Waals surface area contributed by atoms with Crippen LogP contribution in [0.1, 0.15) is 45.6 Å². The van der Waals surface area contributed by atoms with E-state index in [-0.39, 0.29) is 17.9 Å². The average Bonchev–Trinajstić information content (AvgIpc) is 2.85. The van der Waals surface area contributed by atoms with Gasteiger partial charge >= 0.3 is 6.09 Å². The van der Waals surface area contributed by atoms with Gasteiger partial charge in [-0.15, -0.1) is 0 Å². The van der Waals surface area contributed by atoms with Crippen LogP contribution in [0.4, 0.5) is 9.18 Å². The summed E-state index contributed by atoms with van der Waals surface area (Å²) in [6, 6.07) is 5.04. The molecule has 0 bridgehead atoms. The van der Waals surface area contributed by atoms with Crippen molar-refractivity contribution < 1.29 is 13.9 Å². The second kappa shape index (κ2) is 7.62. The zero-order chi connectivity index (χ0) is 17.0. The lowest BCUT2D eigenvalue weighted by atomic mass is 10.1. The molecule has 128 valence electrons. The minimum absolute atomic E-state index is 0.0139. The molecule has 4 nitrogen and oxygen atoms in total. The third-order valence-electron chi connectivity index (χ3n) is 3.78. The molecule has 2 N–H and O–H groups in total. The fraction of sp³-hybridized carbons (Fsp3) is 0.588. The molecule has 0 aromatic heterocycles. The standard InChI is InChI=1S/C17H24BrFN2O2/c1-17(2,3)23-16(22)21-15-6-4-5-14(15)20-10-11-9-12(18)7-8-13(11)19/h7-9,14-15,20H,4-6,10H2,1-3H3,(H,21,22). The van der Waals surface area contributed by atoms with E-state index >= 15 is 0 Å². The highest BCUT2D eigenvalue weighted by Crippen LogP contribution is 2.21. The summed E-state index contributed by atoms with van der Waals surface area (Å²) >= 11 is 3.35. The summed E-state index contributed by atoms with van der Waals surface area (Å²) in [5.41, 5.74) is 0.104. The van der Waals surface area contributed by atoms with Gasteiger partial charge in [0.2, 0.25) is 0 Å². The van der Waals surface area contributed by atoms with Crippen molar-refractivity contribution in [2.75, 3.05) is 0 Å². The van der Waals surface area contributed by atoms with Crippen LogP contribution in [0.5, 0.6) is 0 Å². The second-order valence-corrected chi connectivity index (χ2v) is 7.82. The van der Waals surface area contributed by atoms with E-state index in [2.05, 4.69) is 26.6 Å². The molecule has 1 aromatic carbocycles. The molecule has 6 heteroatoms. The lowest BCUT2D eigenvalue weighted by Crippen LogP contribution is -2.47. The van der Waals surface area contributed by atoms with Gasteiger partial charge in [0.15, 0.2) is 0 Å². The Morgan fingerprint density at radius 1 is 1.35 bits per heavy atom. The molecule has 0 aliphatic heterocycles. The molecule has 1 aliphatic rings. The van der Waals surface area contributed by atoms with Gasteiger partial charge in [0, 0.05) is 28.7 Å². The number of carbonyl (C=O) groups is 1. The van der Waals surface area contributed by atoms with E-state index in [1.54, 1.807) is 12.1 Å². The summed E-state index contributed by atoms with van der Waals surface area (Å²) in [6.45, 7) is 5.95. The molecule has 0 saturated heterocycles. The van der Waals surface area contributed by atoms with Crippen molar-refractivity contribution in [3.63, 3.8) is 0 Å². The summed E-state index contributed by atoms with van der Waals surface area (Å²) in [5, 5.41) is 6.27. The van der Waals surface area contributed by atoms with Crippen LogP contribution in [-0.2, 0) is 11.3 Å². The van der Waals surface area contributed by atoms with Crippen LogP contribution in [0.2, 0.25) is 0 Å². The zero-order valence-corrected chi connectivity index (χ0v) is 15.4. The Bertz CT molecular complexity index is 560. The number of rotatable bonds is 4. The SMILES string of the molecule is CC(C)(C)OC(=O)NC1CCCC1NCc1cc(Br)ccc1F. The molecule has 2 atom stereocenters. The maximum Gasteiger partial charge on any atom is 0.407 e. The molecule has 23 heavy (non-hydrogen) atoms. The topological polar surface area (TPSA) is 50.4 Å². The average molecular weight is 387 g/mol. The van der Waals surface area contributed by atoms with Crippen LogP contribution < -0.4 is 10.6 Å². The summed E-state index contributed by atoms with van der Waals surface area (Å²) in [6.07, 6.45) is 2.48. The molecule has 2 unspecified atom stereocenters. The van der Waals surface area contributed by atoms with Gasteiger partial charge in [0.05, 0.1) is 0 Å². The van der Waals surface area contributed by atoms with Crippen LogP contribution in [0.15, 0.2) is 22.7 Å². The van der Waals surface area contributed by atoms with Crippen LogP contribution in [0.25, 0.3) is 0 Å². The van der Waals surface area contributed by atoms with Gasteiger partial charge in [-0.3, -0.25) is 0 Å². The third-order valence-corrected chi connectivity index (χ3v) is 4.27. The molecule has 1 amide bonds. The molecule has 0 radical (unpaired) electrons. The number of nitrogens with one attached hydrogen (secondary N) is 2. The molecule has 0 heterocycles. The van der Waals surface area contributed by atoms with E-state index in [0.717, 1.165) is 23.7 Å². The van der Waals surface area contributed by atoms with Crippen LogP contribution in [0, 0.1) is 5.82 Å². The first-order valence-electron chi connectivity index (χ1n) is 7.91. The predicted molar refractivity (Wildman–Crippen MR) is 91.7 cm³/mol. The van der Waals surface area contributed by atoms with Gasteiger partial charge in [-0.2, -0.15) is 0 Å². The molecule has 1 aromatic rings. The van der Waals surface area contributed by atoms with E-state index in [9.17, 15) is 9.18 Å². The van der Waals surface area contributed by atoms with Crippen molar-refractivity contribution in [1.29, 1.82) is 0 Å². The number of carbonyl (C=O) groups excluding carboxylic acids is 1. The minimum Gasteiger partial charge on any atom is -0.444 e. The second-order valence-electron chi connectivity index (χ2n) is 6.91. The Hall–Kier alpha value is -1.14. The Labute approximate surface area is 145 Å². The highest BCUT2D eigenvalue weighted by molar-refractivity contribution is 9.10. The molecular formula is C17H24BrFN2O2. The molecule has 1 saturated carbocycles. The first-order chi connectivity index (χ1) is 10.7.